The first-order valence-electron chi connectivity index (χ1n) is 10.9. The molecule has 0 radical (unpaired) electrons. The van der Waals surface area contributed by atoms with Crippen LogP contribution in [0.2, 0.25) is 0 Å². The van der Waals surface area contributed by atoms with Gasteiger partial charge in [-0.1, -0.05) is 47.7 Å². The molecule has 0 fully saturated rings. The molecule has 1 N–H and O–H groups in total. The number of carbonyl (C=O) groups is 2. The van der Waals surface area contributed by atoms with Gasteiger partial charge in [0, 0.05) is 19.2 Å². The first kappa shape index (κ1) is 24.0. The van der Waals surface area contributed by atoms with Gasteiger partial charge in [0.2, 0.25) is 11.8 Å². The van der Waals surface area contributed by atoms with Crippen molar-refractivity contribution in [3.63, 3.8) is 0 Å². The summed E-state index contributed by atoms with van der Waals surface area (Å²) in [7, 11) is 1.47. The van der Waals surface area contributed by atoms with Crippen LogP contribution in [0.3, 0.4) is 0 Å². The van der Waals surface area contributed by atoms with Crippen molar-refractivity contribution in [2.45, 2.75) is 12.6 Å². The maximum atomic E-state index is 15.0. The molecule has 1 heterocycles. The van der Waals surface area contributed by atoms with Gasteiger partial charge in [-0.15, -0.1) is 5.10 Å². The van der Waals surface area contributed by atoms with Gasteiger partial charge < -0.3 is 10.1 Å². The fourth-order valence-electron chi connectivity index (χ4n) is 3.77. The van der Waals surface area contributed by atoms with Crippen molar-refractivity contribution in [3.8, 4) is 0 Å². The van der Waals surface area contributed by atoms with Crippen molar-refractivity contribution in [2.24, 2.45) is 0 Å². The highest BCUT2D eigenvalue weighted by Gasteiger charge is 2.36. The largest absolute Gasteiger partial charge is 0.383 e. The average Bonchev–Trinajstić information content (AvgIpc) is 3.26. The number of para-hydroxylation sites is 2. The van der Waals surface area contributed by atoms with Crippen LogP contribution in [-0.2, 0) is 20.9 Å². The molecule has 0 bridgehead atoms. The second-order valence-electron chi connectivity index (χ2n) is 7.66. The van der Waals surface area contributed by atoms with E-state index in [1.165, 1.54) is 54.3 Å². The van der Waals surface area contributed by atoms with Gasteiger partial charge in [0.25, 0.3) is 0 Å². The first-order valence-corrected chi connectivity index (χ1v) is 10.9. The highest BCUT2D eigenvalue weighted by molar-refractivity contribution is 6.01. The van der Waals surface area contributed by atoms with Crippen molar-refractivity contribution in [3.05, 3.63) is 90.0 Å². The van der Waals surface area contributed by atoms with Crippen LogP contribution in [0.15, 0.2) is 72.8 Å². The number of amides is 2. The average molecular weight is 479 g/mol. The summed E-state index contributed by atoms with van der Waals surface area (Å²) in [5, 5.41) is 10.7. The summed E-state index contributed by atoms with van der Waals surface area (Å²) in [6.07, 6.45) is 0. The number of rotatable bonds is 9. The van der Waals surface area contributed by atoms with E-state index in [2.05, 4.69) is 15.6 Å². The molecule has 1 aromatic heterocycles. The van der Waals surface area contributed by atoms with Crippen LogP contribution >= 0.6 is 0 Å². The van der Waals surface area contributed by atoms with Crippen molar-refractivity contribution >= 4 is 28.5 Å². The van der Waals surface area contributed by atoms with Gasteiger partial charge in [-0.25, -0.2) is 13.5 Å². The molecule has 0 unspecified atom stereocenters. The van der Waals surface area contributed by atoms with E-state index in [4.69, 9.17) is 4.74 Å². The Morgan fingerprint density at radius 2 is 1.69 bits per heavy atom. The molecule has 1 atom stereocenters. The standard InChI is InChI=1S/C25H23F2N5O3/c1-35-15-14-28-25(34)24(17-8-2-3-9-18(17)26)32(21-12-6-4-10-19(21)27)23(33)16-31-22-13-7-5-11-20(22)29-30-31/h2-13,24H,14-16H2,1H3,(H,28,34)/t24-/m1/s1. The number of carbonyl (C=O) groups excluding carboxylic acids is 2. The van der Waals surface area contributed by atoms with Crippen molar-refractivity contribution in [2.75, 3.05) is 25.2 Å². The van der Waals surface area contributed by atoms with Gasteiger partial charge in [0.15, 0.2) is 0 Å². The minimum Gasteiger partial charge on any atom is -0.383 e. The van der Waals surface area contributed by atoms with Crippen LogP contribution in [0.25, 0.3) is 11.0 Å². The Hall–Kier alpha value is -4.18. The second-order valence-corrected chi connectivity index (χ2v) is 7.66. The van der Waals surface area contributed by atoms with E-state index in [0.29, 0.717) is 11.0 Å². The lowest BCUT2D eigenvalue weighted by Gasteiger charge is -2.32. The van der Waals surface area contributed by atoms with Gasteiger partial charge in [-0.2, -0.15) is 0 Å². The van der Waals surface area contributed by atoms with Gasteiger partial charge in [-0.3, -0.25) is 14.5 Å². The summed E-state index contributed by atoms with van der Waals surface area (Å²) in [4.78, 5) is 28.0. The smallest absolute Gasteiger partial charge is 0.249 e. The molecule has 8 nitrogen and oxygen atoms in total. The Bertz CT molecular complexity index is 1340. The molecule has 2 amide bonds. The zero-order valence-corrected chi connectivity index (χ0v) is 18.9. The number of halogens is 2. The summed E-state index contributed by atoms with van der Waals surface area (Å²) in [6.45, 7) is -0.0349. The molecular weight excluding hydrogens is 456 g/mol. The van der Waals surface area contributed by atoms with Gasteiger partial charge in [-0.05, 0) is 30.3 Å². The molecule has 0 saturated carbocycles. The van der Waals surface area contributed by atoms with Crippen molar-refractivity contribution < 1.29 is 23.1 Å². The normalized spacial score (nSPS) is 11.9. The molecule has 4 aromatic rings. The van der Waals surface area contributed by atoms with Crippen LogP contribution < -0.4 is 10.2 Å². The predicted molar refractivity (Wildman–Crippen MR) is 125 cm³/mol. The zero-order valence-electron chi connectivity index (χ0n) is 18.9. The second kappa shape index (κ2) is 10.8. The van der Waals surface area contributed by atoms with Crippen LogP contribution in [-0.4, -0.2) is 47.1 Å². The quantitative estimate of drug-likeness (QED) is 0.373. The molecule has 0 aliphatic carbocycles. The topological polar surface area (TPSA) is 89.4 Å². The van der Waals surface area contributed by atoms with E-state index in [9.17, 15) is 14.0 Å². The number of fused-ring (bicyclic) bond motifs is 1. The summed E-state index contributed by atoms with van der Waals surface area (Å²) >= 11 is 0. The number of nitrogens with zero attached hydrogens (tertiary/aromatic N) is 4. The fourth-order valence-corrected chi connectivity index (χ4v) is 3.77. The van der Waals surface area contributed by atoms with Crippen molar-refractivity contribution in [1.29, 1.82) is 0 Å². The number of benzene rings is 3. The van der Waals surface area contributed by atoms with E-state index in [1.54, 1.807) is 30.3 Å². The summed E-state index contributed by atoms with van der Waals surface area (Å²) < 4.78 is 36.3. The van der Waals surface area contributed by atoms with Gasteiger partial charge in [0.1, 0.15) is 29.7 Å². The number of ether oxygens (including phenoxy) is 1. The van der Waals surface area contributed by atoms with E-state index in [0.717, 1.165) is 4.90 Å². The van der Waals surface area contributed by atoms with E-state index < -0.39 is 29.5 Å². The van der Waals surface area contributed by atoms with E-state index in [1.807, 2.05) is 0 Å². The molecule has 0 spiro atoms. The lowest BCUT2D eigenvalue weighted by molar-refractivity contribution is -0.127. The molecule has 0 aliphatic rings. The number of aromatic nitrogens is 3. The monoisotopic (exact) mass is 479 g/mol. The molecule has 35 heavy (non-hydrogen) atoms. The Kier molecular flexibility index (Phi) is 7.41. The Labute approximate surface area is 200 Å². The number of anilines is 1. The van der Waals surface area contributed by atoms with E-state index in [-0.39, 0.29) is 30.9 Å². The summed E-state index contributed by atoms with van der Waals surface area (Å²) in [5.41, 5.74) is 0.904. The molecule has 180 valence electrons. The molecule has 4 rings (SSSR count). The Morgan fingerprint density at radius 1 is 1.00 bits per heavy atom. The third-order valence-electron chi connectivity index (χ3n) is 5.40. The Balaban J connectivity index is 1.81. The van der Waals surface area contributed by atoms with Gasteiger partial charge in [0.05, 0.1) is 17.8 Å². The lowest BCUT2D eigenvalue weighted by Crippen LogP contribution is -2.46. The SMILES string of the molecule is COCCNC(=O)[C@@H](c1ccccc1F)N(C(=O)Cn1nnc2ccccc21)c1ccccc1F. The maximum Gasteiger partial charge on any atom is 0.249 e. The predicted octanol–water partition coefficient (Wildman–Crippen LogP) is 3.25. The van der Waals surface area contributed by atoms with Crippen LogP contribution in [0, 0.1) is 11.6 Å². The zero-order chi connectivity index (χ0) is 24.8. The van der Waals surface area contributed by atoms with Crippen LogP contribution in [0.5, 0.6) is 0 Å². The third-order valence-corrected chi connectivity index (χ3v) is 5.40. The van der Waals surface area contributed by atoms with E-state index >= 15 is 4.39 Å². The number of methoxy groups -OCH3 is 1. The lowest BCUT2D eigenvalue weighted by atomic mass is 10.0. The highest BCUT2D eigenvalue weighted by Crippen LogP contribution is 2.31. The molecule has 10 heteroatoms. The highest BCUT2D eigenvalue weighted by atomic mass is 19.1. The van der Waals surface area contributed by atoms with Gasteiger partial charge >= 0.3 is 0 Å². The van der Waals surface area contributed by atoms with Crippen molar-refractivity contribution in [1.82, 2.24) is 20.3 Å². The summed E-state index contributed by atoms with van der Waals surface area (Å²) in [6, 6.07) is 16.6. The molecular formula is C25H23F2N5O3. The minimum atomic E-state index is -1.49. The summed E-state index contributed by atoms with van der Waals surface area (Å²) in [5.74, 6) is -2.82. The third kappa shape index (κ3) is 5.17. The minimum absolute atomic E-state index is 0.0810. The molecule has 0 saturated heterocycles. The van der Waals surface area contributed by atoms with Crippen LogP contribution in [0.1, 0.15) is 11.6 Å². The fraction of sp³-hybridized carbons (Fsp3) is 0.200. The Morgan fingerprint density at radius 3 is 2.43 bits per heavy atom. The molecule has 3 aromatic carbocycles. The number of nitrogens with one attached hydrogen (secondary N) is 1. The number of hydrogen-bond acceptors (Lipinski definition) is 5. The maximum absolute atomic E-state index is 15.0. The molecule has 0 aliphatic heterocycles. The first-order chi connectivity index (χ1) is 17.0. The number of hydrogen-bond donors (Lipinski definition) is 1. The van der Waals surface area contributed by atoms with Crippen LogP contribution in [0.4, 0.5) is 14.5 Å².